The number of hydrogen-bond acceptors (Lipinski definition) is 5. The van der Waals surface area contributed by atoms with Gasteiger partial charge in [0, 0.05) is 21.3 Å². The van der Waals surface area contributed by atoms with Crippen molar-refractivity contribution in [2.45, 2.75) is 76.9 Å². The van der Waals surface area contributed by atoms with Crippen LogP contribution in [0.3, 0.4) is 0 Å². The second-order valence-electron chi connectivity index (χ2n) is 11.6. The molecular weight excluding hydrogens is 570 g/mol. The van der Waals surface area contributed by atoms with E-state index in [1.807, 2.05) is 62.4 Å². The molecule has 1 atom stereocenters. The number of halogens is 1. The van der Waals surface area contributed by atoms with Gasteiger partial charge in [0.15, 0.2) is 0 Å². The first-order valence-electron chi connectivity index (χ1n) is 14.2. The van der Waals surface area contributed by atoms with Crippen LogP contribution in [0.5, 0.6) is 0 Å². The number of carbonyl (C=O) groups is 2. The number of amides is 1. The topological polar surface area (TPSA) is 101 Å². The van der Waals surface area contributed by atoms with E-state index in [0.717, 1.165) is 51.5 Å². The molecule has 3 aromatic rings. The number of hydrogen-bond donors (Lipinski definition) is 2. The van der Waals surface area contributed by atoms with Gasteiger partial charge in [0.2, 0.25) is 0 Å². The van der Waals surface area contributed by atoms with E-state index in [4.69, 9.17) is 9.82 Å². The Hall–Kier alpha value is -3.26. The predicted octanol–water partition coefficient (Wildman–Crippen LogP) is 7.05. The van der Waals surface area contributed by atoms with Crippen LogP contribution >= 0.6 is 15.9 Å². The average molecular weight is 605 g/mol. The third kappa shape index (κ3) is 4.31. The van der Waals surface area contributed by atoms with Gasteiger partial charge < -0.3 is 15.3 Å². The summed E-state index contributed by atoms with van der Waals surface area (Å²) in [5, 5.41) is 19.2. The number of rotatable bonds is 7. The summed E-state index contributed by atoms with van der Waals surface area (Å²) >= 11 is 3.57. The molecule has 1 heterocycles. The molecule has 0 aliphatic heterocycles. The van der Waals surface area contributed by atoms with Crippen LogP contribution in [0.2, 0.25) is 0 Å². The first-order chi connectivity index (χ1) is 19.3. The minimum absolute atomic E-state index is 0.0659. The lowest BCUT2D eigenvalue weighted by atomic mass is 9.50. The van der Waals surface area contributed by atoms with Crippen LogP contribution in [-0.4, -0.2) is 39.3 Å². The highest BCUT2D eigenvalue weighted by Crippen LogP contribution is 2.56. The van der Waals surface area contributed by atoms with Gasteiger partial charge in [0.05, 0.1) is 33.4 Å². The standard InChI is InChI=1S/C32H34BrN3O4/c1-3-24-28(36-40-22-10-7-11-22)32(16-14-31(24,15-17-32)30(38)39)35-29(37)26-19(2)27(20-8-5-4-6-9-20)34-25-13-12-21(33)18-23(25)26/h4-6,8-9,12-13,18,22,24H,3,7,10-11,14-17H2,1-2H3,(H,35,37)(H,38,39)/b36-28+. The molecule has 0 radical (unpaired) electrons. The van der Waals surface area contributed by atoms with Crippen molar-refractivity contribution in [3.63, 3.8) is 0 Å². The summed E-state index contributed by atoms with van der Waals surface area (Å²) in [7, 11) is 0. The zero-order chi connectivity index (χ0) is 28.1. The minimum Gasteiger partial charge on any atom is -0.481 e. The smallest absolute Gasteiger partial charge is 0.310 e. The number of carbonyl (C=O) groups excluding carboxylic acids is 1. The Kier molecular flexibility index (Phi) is 6.93. The molecule has 4 fully saturated rings. The van der Waals surface area contributed by atoms with Crippen molar-refractivity contribution in [2.75, 3.05) is 0 Å². The fourth-order valence-electron chi connectivity index (χ4n) is 7.00. The van der Waals surface area contributed by atoms with Gasteiger partial charge in [-0.1, -0.05) is 58.3 Å². The number of nitrogens with one attached hydrogen (secondary N) is 1. The van der Waals surface area contributed by atoms with E-state index in [2.05, 4.69) is 26.4 Å². The van der Waals surface area contributed by atoms with Crippen molar-refractivity contribution in [3.05, 3.63) is 64.1 Å². The maximum absolute atomic E-state index is 14.4. The van der Waals surface area contributed by atoms with Gasteiger partial charge in [-0.25, -0.2) is 4.98 Å². The van der Waals surface area contributed by atoms with Crippen molar-refractivity contribution < 1.29 is 19.5 Å². The lowest BCUT2D eigenvalue weighted by Crippen LogP contribution is -2.68. The summed E-state index contributed by atoms with van der Waals surface area (Å²) in [6.45, 7) is 3.96. The molecule has 2 bridgehead atoms. The van der Waals surface area contributed by atoms with Gasteiger partial charge in [-0.2, -0.15) is 0 Å². The summed E-state index contributed by atoms with van der Waals surface area (Å²) in [4.78, 5) is 37.9. The lowest BCUT2D eigenvalue weighted by Gasteiger charge is -2.56. The van der Waals surface area contributed by atoms with E-state index < -0.39 is 16.9 Å². The predicted molar refractivity (Wildman–Crippen MR) is 158 cm³/mol. The number of carboxylic acids is 1. The maximum Gasteiger partial charge on any atom is 0.310 e. The minimum atomic E-state index is -0.867. The summed E-state index contributed by atoms with van der Waals surface area (Å²) in [6.07, 6.45) is 5.75. The quantitative estimate of drug-likeness (QED) is 0.282. The van der Waals surface area contributed by atoms with Gasteiger partial charge >= 0.3 is 5.97 Å². The molecule has 1 unspecified atom stereocenters. The normalized spacial score (nSPS) is 27.0. The molecule has 1 amide bonds. The summed E-state index contributed by atoms with van der Waals surface area (Å²) in [6, 6.07) is 15.7. The van der Waals surface area contributed by atoms with Gasteiger partial charge in [0.1, 0.15) is 6.10 Å². The average Bonchev–Trinajstić information content (AvgIpc) is 2.92. The van der Waals surface area contributed by atoms with Crippen LogP contribution in [0, 0.1) is 18.3 Å². The molecule has 0 spiro atoms. The number of benzene rings is 2. The molecule has 7 nitrogen and oxygen atoms in total. The Balaban J connectivity index is 1.45. The van der Waals surface area contributed by atoms with E-state index >= 15 is 0 Å². The van der Waals surface area contributed by atoms with Crippen molar-refractivity contribution in [2.24, 2.45) is 16.5 Å². The van der Waals surface area contributed by atoms with Crippen LogP contribution in [-0.2, 0) is 9.63 Å². The molecule has 0 saturated heterocycles. The van der Waals surface area contributed by atoms with E-state index in [9.17, 15) is 14.7 Å². The zero-order valence-electron chi connectivity index (χ0n) is 22.9. The number of oxime groups is 1. The Labute approximate surface area is 242 Å². The zero-order valence-corrected chi connectivity index (χ0v) is 24.5. The number of aliphatic carboxylic acids is 1. The molecule has 2 N–H and O–H groups in total. The van der Waals surface area contributed by atoms with Crippen molar-refractivity contribution >= 4 is 44.4 Å². The van der Waals surface area contributed by atoms with E-state index in [0.29, 0.717) is 43.4 Å². The highest BCUT2D eigenvalue weighted by atomic mass is 79.9. The number of nitrogens with zero attached hydrogens (tertiary/aromatic N) is 2. The summed E-state index contributed by atoms with van der Waals surface area (Å²) in [5.74, 6) is -1.27. The Morgan fingerprint density at radius 2 is 1.85 bits per heavy atom. The molecule has 4 saturated carbocycles. The molecule has 4 aliphatic carbocycles. The van der Waals surface area contributed by atoms with E-state index in [1.54, 1.807) is 0 Å². The highest BCUT2D eigenvalue weighted by molar-refractivity contribution is 9.10. The van der Waals surface area contributed by atoms with Gasteiger partial charge in [-0.3, -0.25) is 9.59 Å². The molecular formula is C32H34BrN3O4. The third-order valence-corrected chi connectivity index (χ3v) is 9.98. The van der Waals surface area contributed by atoms with E-state index in [-0.39, 0.29) is 17.9 Å². The molecule has 208 valence electrons. The van der Waals surface area contributed by atoms with Crippen LogP contribution in [0.4, 0.5) is 0 Å². The Morgan fingerprint density at radius 3 is 2.48 bits per heavy atom. The largest absolute Gasteiger partial charge is 0.481 e. The number of fused-ring (bicyclic) bond motifs is 4. The van der Waals surface area contributed by atoms with Gasteiger partial charge in [-0.15, -0.1) is 0 Å². The number of pyridine rings is 1. The van der Waals surface area contributed by atoms with Crippen LogP contribution in [0.25, 0.3) is 22.2 Å². The van der Waals surface area contributed by atoms with Crippen molar-refractivity contribution in [3.8, 4) is 11.3 Å². The first kappa shape index (κ1) is 26.9. The molecule has 4 aliphatic rings. The highest BCUT2D eigenvalue weighted by Gasteiger charge is 2.62. The maximum atomic E-state index is 14.4. The van der Waals surface area contributed by atoms with Crippen LogP contribution in [0.1, 0.15) is 74.2 Å². The molecule has 1 aromatic heterocycles. The third-order valence-electron chi connectivity index (χ3n) is 9.49. The van der Waals surface area contributed by atoms with Crippen molar-refractivity contribution in [1.82, 2.24) is 10.3 Å². The van der Waals surface area contributed by atoms with Crippen LogP contribution < -0.4 is 5.32 Å². The molecule has 40 heavy (non-hydrogen) atoms. The second kappa shape index (κ2) is 10.3. The van der Waals surface area contributed by atoms with Crippen LogP contribution in [0.15, 0.2) is 58.2 Å². The lowest BCUT2D eigenvalue weighted by molar-refractivity contribution is -0.156. The summed E-state index contributed by atoms with van der Waals surface area (Å²) in [5.41, 5.74) is 2.90. The Morgan fingerprint density at radius 1 is 1.12 bits per heavy atom. The first-order valence-corrected chi connectivity index (χ1v) is 15.0. The molecule has 7 rings (SSSR count). The number of carboxylic acid groups (broad SMARTS) is 1. The summed E-state index contributed by atoms with van der Waals surface area (Å²) < 4.78 is 0.865. The molecule has 8 heteroatoms. The Bertz CT molecular complexity index is 1510. The molecule has 2 aromatic carbocycles. The second-order valence-corrected chi connectivity index (χ2v) is 12.5. The van der Waals surface area contributed by atoms with Gasteiger partial charge in [0.25, 0.3) is 5.91 Å². The number of aromatic nitrogens is 1. The van der Waals surface area contributed by atoms with E-state index in [1.165, 1.54) is 0 Å². The SMILES string of the molecule is CCC1/C(=N\OC2CCC2)C2(NC(=O)c3c(C)c(-c4ccccc4)nc4ccc(Br)cc34)CCC1(C(=O)O)CC2. The monoisotopic (exact) mass is 603 g/mol. The fourth-order valence-corrected chi connectivity index (χ4v) is 7.36. The van der Waals surface area contributed by atoms with Gasteiger partial charge in [-0.05, 0) is 82.1 Å². The fraction of sp³-hybridized carbons (Fsp3) is 0.438. The van der Waals surface area contributed by atoms with Crippen molar-refractivity contribution in [1.29, 1.82) is 0 Å².